The van der Waals surface area contributed by atoms with Crippen LogP contribution in [-0.4, -0.2) is 29.8 Å². The van der Waals surface area contributed by atoms with E-state index in [4.69, 9.17) is 18.0 Å². The first kappa shape index (κ1) is 13.8. The molecule has 3 N–H and O–H groups in total. The van der Waals surface area contributed by atoms with E-state index >= 15 is 0 Å². The highest BCUT2D eigenvalue weighted by molar-refractivity contribution is 9.10. The summed E-state index contributed by atoms with van der Waals surface area (Å²) in [4.78, 5) is 2.58. The first-order chi connectivity index (χ1) is 8.47. The monoisotopic (exact) mass is 328 g/mol. The lowest BCUT2D eigenvalue weighted by atomic mass is 9.82. The van der Waals surface area contributed by atoms with Crippen molar-refractivity contribution >= 4 is 38.8 Å². The highest BCUT2D eigenvalue weighted by Crippen LogP contribution is 2.31. The van der Waals surface area contributed by atoms with Crippen molar-refractivity contribution in [3.63, 3.8) is 0 Å². The van der Waals surface area contributed by atoms with E-state index in [9.17, 15) is 5.11 Å². The maximum absolute atomic E-state index is 9.32. The molecule has 0 heterocycles. The fourth-order valence-electron chi connectivity index (χ4n) is 2.36. The van der Waals surface area contributed by atoms with Crippen molar-refractivity contribution in [2.75, 3.05) is 18.5 Å². The summed E-state index contributed by atoms with van der Waals surface area (Å²) in [7, 11) is 2.04. The Kier molecular flexibility index (Phi) is 4.25. The first-order valence-corrected chi connectivity index (χ1v) is 7.16. The van der Waals surface area contributed by atoms with Gasteiger partial charge in [-0.1, -0.05) is 28.1 Å². The molecule has 1 fully saturated rings. The molecule has 0 radical (unpaired) electrons. The van der Waals surface area contributed by atoms with Gasteiger partial charge >= 0.3 is 0 Å². The standard InChI is InChI=1S/C13H17BrN2OS/c1-16(7-8-4-10(17)5-8)12-6-9(14)2-3-11(12)13(15)18/h2-3,6,8,10,17H,4-5,7H2,1H3,(H2,15,18). The summed E-state index contributed by atoms with van der Waals surface area (Å²) in [6, 6.07) is 5.91. The van der Waals surface area contributed by atoms with Crippen LogP contribution >= 0.6 is 28.1 Å². The molecule has 0 atom stereocenters. The molecule has 0 aromatic heterocycles. The number of thiocarbonyl (C=S) groups is 1. The highest BCUT2D eigenvalue weighted by Gasteiger charge is 2.28. The highest BCUT2D eigenvalue weighted by atomic mass is 79.9. The Labute approximate surface area is 121 Å². The van der Waals surface area contributed by atoms with Gasteiger partial charge in [-0.15, -0.1) is 0 Å². The predicted octanol–water partition coefficient (Wildman–Crippen LogP) is 2.29. The largest absolute Gasteiger partial charge is 0.393 e. The van der Waals surface area contributed by atoms with E-state index in [1.807, 2.05) is 25.2 Å². The average Bonchev–Trinajstić information content (AvgIpc) is 2.26. The van der Waals surface area contributed by atoms with Gasteiger partial charge in [-0.05, 0) is 37.0 Å². The average molecular weight is 329 g/mol. The zero-order chi connectivity index (χ0) is 13.3. The minimum atomic E-state index is -0.110. The number of anilines is 1. The van der Waals surface area contributed by atoms with E-state index in [-0.39, 0.29) is 6.10 Å². The topological polar surface area (TPSA) is 49.5 Å². The second-order valence-electron chi connectivity index (χ2n) is 4.90. The molecule has 1 aliphatic carbocycles. The minimum Gasteiger partial charge on any atom is -0.393 e. The van der Waals surface area contributed by atoms with Crippen LogP contribution < -0.4 is 10.6 Å². The number of hydrogen-bond donors (Lipinski definition) is 2. The van der Waals surface area contributed by atoms with Crippen LogP contribution in [-0.2, 0) is 0 Å². The Bertz CT molecular complexity index is 460. The van der Waals surface area contributed by atoms with Gasteiger partial charge in [0.2, 0.25) is 0 Å². The summed E-state index contributed by atoms with van der Waals surface area (Å²) in [6.07, 6.45) is 1.67. The van der Waals surface area contributed by atoms with Crippen LogP contribution in [0.25, 0.3) is 0 Å². The van der Waals surface area contributed by atoms with Crippen LogP contribution in [0.1, 0.15) is 18.4 Å². The lowest BCUT2D eigenvalue weighted by Gasteiger charge is -2.35. The summed E-state index contributed by atoms with van der Waals surface area (Å²) < 4.78 is 1.01. The number of benzene rings is 1. The molecule has 0 unspecified atom stereocenters. The lowest BCUT2D eigenvalue weighted by Crippen LogP contribution is -2.37. The summed E-state index contributed by atoms with van der Waals surface area (Å²) in [5, 5.41) is 9.32. The molecule has 3 nitrogen and oxygen atoms in total. The number of halogens is 1. The van der Waals surface area contributed by atoms with Crippen LogP contribution in [0.4, 0.5) is 5.69 Å². The van der Waals surface area contributed by atoms with Crippen molar-refractivity contribution in [2.45, 2.75) is 18.9 Å². The molecule has 0 aliphatic heterocycles. The van der Waals surface area contributed by atoms with Crippen molar-refractivity contribution in [3.8, 4) is 0 Å². The molecule has 1 aromatic carbocycles. The number of aliphatic hydroxyl groups is 1. The fraction of sp³-hybridized carbons (Fsp3) is 0.462. The Balaban J connectivity index is 2.15. The van der Waals surface area contributed by atoms with E-state index in [0.717, 1.165) is 35.1 Å². The molecule has 0 amide bonds. The SMILES string of the molecule is CN(CC1CC(O)C1)c1cc(Br)ccc1C(N)=S. The van der Waals surface area contributed by atoms with Crippen LogP contribution in [0.3, 0.4) is 0 Å². The van der Waals surface area contributed by atoms with Gasteiger partial charge in [0, 0.05) is 29.3 Å². The first-order valence-electron chi connectivity index (χ1n) is 5.96. The van der Waals surface area contributed by atoms with Crippen LogP contribution in [0.15, 0.2) is 22.7 Å². The Morgan fingerprint density at radius 1 is 1.56 bits per heavy atom. The third-order valence-electron chi connectivity index (χ3n) is 3.38. The molecule has 18 heavy (non-hydrogen) atoms. The number of aliphatic hydroxyl groups excluding tert-OH is 1. The second kappa shape index (κ2) is 5.55. The summed E-state index contributed by atoms with van der Waals surface area (Å²) in [5.41, 5.74) is 7.69. The molecule has 0 spiro atoms. The Hall–Kier alpha value is -0.650. The zero-order valence-electron chi connectivity index (χ0n) is 10.3. The molecule has 0 bridgehead atoms. The summed E-state index contributed by atoms with van der Waals surface area (Å²) in [5.74, 6) is 0.558. The number of nitrogens with two attached hydrogens (primary N) is 1. The van der Waals surface area contributed by atoms with Crippen LogP contribution in [0.2, 0.25) is 0 Å². The third-order valence-corrected chi connectivity index (χ3v) is 4.09. The quantitative estimate of drug-likeness (QED) is 0.832. The van der Waals surface area contributed by atoms with Gasteiger partial charge < -0.3 is 15.7 Å². The molecule has 0 saturated heterocycles. The van der Waals surface area contributed by atoms with Crippen LogP contribution in [0.5, 0.6) is 0 Å². The molecule has 1 aliphatic rings. The number of rotatable bonds is 4. The number of hydrogen-bond acceptors (Lipinski definition) is 3. The smallest absolute Gasteiger partial charge is 0.106 e. The van der Waals surface area contributed by atoms with Gasteiger partial charge in [0.05, 0.1) is 6.10 Å². The van der Waals surface area contributed by atoms with E-state index in [1.165, 1.54) is 0 Å². The maximum Gasteiger partial charge on any atom is 0.106 e. The normalized spacial score (nSPS) is 22.4. The molecule has 98 valence electrons. The second-order valence-corrected chi connectivity index (χ2v) is 6.25. The van der Waals surface area contributed by atoms with Crippen molar-refractivity contribution in [3.05, 3.63) is 28.2 Å². The van der Waals surface area contributed by atoms with Crippen molar-refractivity contribution < 1.29 is 5.11 Å². The Morgan fingerprint density at radius 3 is 2.78 bits per heavy atom. The zero-order valence-corrected chi connectivity index (χ0v) is 12.7. The van der Waals surface area contributed by atoms with Gasteiger partial charge in [0.25, 0.3) is 0 Å². The number of nitrogens with zero attached hydrogens (tertiary/aromatic N) is 1. The molecule has 1 saturated carbocycles. The van der Waals surface area contributed by atoms with Gasteiger partial charge in [-0.25, -0.2) is 0 Å². The predicted molar refractivity (Wildman–Crippen MR) is 82.0 cm³/mol. The Morgan fingerprint density at radius 2 is 2.22 bits per heavy atom. The minimum absolute atomic E-state index is 0.110. The third kappa shape index (κ3) is 3.02. The van der Waals surface area contributed by atoms with Crippen molar-refractivity contribution in [1.82, 2.24) is 0 Å². The summed E-state index contributed by atoms with van der Waals surface area (Å²) >= 11 is 8.55. The fourth-order valence-corrected chi connectivity index (χ4v) is 2.89. The molecule has 5 heteroatoms. The summed E-state index contributed by atoms with van der Waals surface area (Å²) in [6.45, 7) is 0.920. The van der Waals surface area contributed by atoms with Crippen molar-refractivity contribution in [2.24, 2.45) is 11.7 Å². The van der Waals surface area contributed by atoms with Gasteiger partial charge in [0.15, 0.2) is 0 Å². The molecule has 1 aromatic rings. The van der Waals surface area contributed by atoms with E-state index in [2.05, 4.69) is 20.8 Å². The molecular weight excluding hydrogens is 312 g/mol. The molecule has 2 rings (SSSR count). The van der Waals surface area contributed by atoms with Crippen LogP contribution in [0, 0.1) is 5.92 Å². The van der Waals surface area contributed by atoms with Gasteiger partial charge in [0.1, 0.15) is 4.99 Å². The van der Waals surface area contributed by atoms with E-state index < -0.39 is 0 Å². The van der Waals surface area contributed by atoms with E-state index in [0.29, 0.717) is 10.9 Å². The van der Waals surface area contributed by atoms with Crippen molar-refractivity contribution in [1.29, 1.82) is 0 Å². The lowest BCUT2D eigenvalue weighted by molar-refractivity contribution is 0.0465. The maximum atomic E-state index is 9.32. The van der Waals surface area contributed by atoms with Gasteiger partial charge in [-0.3, -0.25) is 0 Å². The van der Waals surface area contributed by atoms with Gasteiger partial charge in [-0.2, -0.15) is 0 Å². The molecular formula is C13H17BrN2OS. The van der Waals surface area contributed by atoms with E-state index in [1.54, 1.807) is 0 Å².